The largest absolute Gasteiger partial charge is 2.00 e. The van der Waals surface area contributed by atoms with Gasteiger partial charge in [0.15, 0.2) is 0 Å². The second-order valence-corrected chi connectivity index (χ2v) is 30.2. The standard InChI is InChI=1S/2C44H57NO4.Cu/c2*1-9-11-26-48-39-24-22-34(42(3,4)5)29-36(39)44(47,37-30-35(43(6,7)8)23-25-40(37)49-27-12-10-2)41(28-32-18-14-13-15-19-32)45-31-33-20-16-17-21-38(33)46;/h2*13-25,29-31,41,46-47H,9-12,26-28H2,1-8H3;/q;;+2/p-2/t2*41-;/m11./s1. The average Bonchev–Trinajstić information content (AvgIpc) is 0.744. The minimum Gasteiger partial charge on any atom is -0.872 e. The van der Waals surface area contributed by atoms with Crippen molar-refractivity contribution in [3.8, 4) is 34.5 Å². The molecule has 0 unspecified atom stereocenters. The van der Waals surface area contributed by atoms with Crippen LogP contribution in [0.1, 0.15) is 229 Å². The Morgan fingerprint density at radius 2 is 0.596 bits per heavy atom. The van der Waals surface area contributed by atoms with E-state index < -0.39 is 23.3 Å². The number of unbranched alkanes of at least 4 members (excludes halogenated alkanes) is 4. The predicted octanol–water partition coefficient (Wildman–Crippen LogP) is 19.4. The smallest absolute Gasteiger partial charge is 0.872 e. The summed E-state index contributed by atoms with van der Waals surface area (Å²) in [6.45, 7) is 36.7. The molecule has 0 fully saturated rings. The first kappa shape index (κ1) is 80.3. The second-order valence-electron chi connectivity index (χ2n) is 30.2. The summed E-state index contributed by atoms with van der Waals surface area (Å²) in [6, 6.07) is 57.2. The van der Waals surface area contributed by atoms with Crippen molar-refractivity contribution in [3.63, 3.8) is 0 Å². The first-order valence-corrected chi connectivity index (χ1v) is 35.8. The van der Waals surface area contributed by atoms with Gasteiger partial charge in [0, 0.05) is 34.7 Å². The molecule has 2 atom stereocenters. The Morgan fingerprint density at radius 1 is 0.354 bits per heavy atom. The third-order valence-electron chi connectivity index (χ3n) is 18.2. The zero-order chi connectivity index (χ0) is 71.3. The van der Waals surface area contributed by atoms with E-state index >= 15 is 0 Å². The Balaban J connectivity index is 0.000000309. The minimum atomic E-state index is -1.73. The van der Waals surface area contributed by atoms with Crippen LogP contribution in [-0.4, -0.2) is 61.2 Å². The fourth-order valence-corrected chi connectivity index (χ4v) is 11.8. The number of hydrogen-bond acceptors (Lipinski definition) is 10. The van der Waals surface area contributed by atoms with Crippen molar-refractivity contribution in [2.75, 3.05) is 26.4 Å². The molecule has 8 aromatic carbocycles. The van der Waals surface area contributed by atoms with Crippen molar-refractivity contribution < 1.29 is 56.4 Å². The van der Waals surface area contributed by atoms with E-state index in [1.54, 1.807) is 48.8 Å². The van der Waals surface area contributed by atoms with E-state index in [-0.39, 0.29) is 50.2 Å². The number of nitrogens with zero attached hydrogens (tertiary/aromatic N) is 2. The Labute approximate surface area is 604 Å². The molecule has 0 spiro atoms. The average molecular weight is 1390 g/mol. The molecule has 8 aromatic rings. The van der Waals surface area contributed by atoms with Crippen molar-refractivity contribution in [1.82, 2.24) is 0 Å². The summed E-state index contributed by atoms with van der Waals surface area (Å²) < 4.78 is 26.1. The molecule has 0 aliphatic rings. The molecule has 533 valence electrons. The number of aliphatic hydroxyl groups is 2. The summed E-state index contributed by atoms with van der Waals surface area (Å²) in [6.07, 6.45) is 11.5. The molecule has 0 saturated heterocycles. The molecule has 0 heterocycles. The van der Waals surface area contributed by atoms with Crippen LogP contribution in [0.25, 0.3) is 0 Å². The maximum atomic E-state index is 13.9. The van der Waals surface area contributed by atoms with Crippen molar-refractivity contribution >= 4 is 12.4 Å². The molecule has 0 aliphatic carbocycles. The summed E-state index contributed by atoms with van der Waals surface area (Å²) in [4.78, 5) is 10.3. The normalized spacial score (nSPS) is 12.9. The number of ether oxygens (including phenoxy) is 4. The van der Waals surface area contributed by atoms with Crippen LogP contribution in [0, 0.1) is 0 Å². The molecule has 0 aliphatic heterocycles. The van der Waals surface area contributed by atoms with Crippen LogP contribution >= 0.6 is 0 Å². The minimum absolute atomic E-state index is 0. The predicted molar refractivity (Wildman–Crippen MR) is 403 cm³/mol. The summed E-state index contributed by atoms with van der Waals surface area (Å²) in [7, 11) is 0. The van der Waals surface area contributed by atoms with Crippen LogP contribution in [0.15, 0.2) is 192 Å². The number of aliphatic imine (C=N–C) groups is 2. The summed E-state index contributed by atoms with van der Waals surface area (Å²) in [5.41, 5.74) is 5.50. The maximum absolute atomic E-state index is 13.9. The van der Waals surface area contributed by atoms with Gasteiger partial charge in [0.25, 0.3) is 0 Å². The van der Waals surface area contributed by atoms with Crippen molar-refractivity contribution in [3.05, 3.63) is 249 Å². The molecule has 0 amide bonds. The van der Waals surface area contributed by atoms with Crippen molar-refractivity contribution in [2.45, 2.75) is 220 Å². The molecule has 10 nitrogen and oxygen atoms in total. The summed E-state index contributed by atoms with van der Waals surface area (Å²) in [5, 5.41) is 53.6. The van der Waals surface area contributed by atoms with E-state index in [1.807, 2.05) is 72.8 Å². The van der Waals surface area contributed by atoms with Gasteiger partial charge >= 0.3 is 17.1 Å². The number of rotatable bonds is 30. The van der Waals surface area contributed by atoms with E-state index in [1.165, 1.54) is 0 Å². The number of para-hydroxylation sites is 2. The van der Waals surface area contributed by atoms with E-state index in [9.17, 15) is 20.4 Å². The van der Waals surface area contributed by atoms with Gasteiger partial charge in [0.2, 0.25) is 0 Å². The van der Waals surface area contributed by atoms with Gasteiger partial charge < -0.3 is 39.4 Å². The van der Waals surface area contributed by atoms with E-state index in [0.717, 1.165) is 84.7 Å². The fourth-order valence-electron chi connectivity index (χ4n) is 11.8. The third kappa shape index (κ3) is 21.7. The molecule has 99 heavy (non-hydrogen) atoms. The van der Waals surface area contributed by atoms with E-state index in [4.69, 9.17) is 28.9 Å². The molecule has 2 N–H and O–H groups in total. The van der Waals surface area contributed by atoms with E-state index in [0.29, 0.717) is 95.6 Å². The van der Waals surface area contributed by atoms with Crippen molar-refractivity contribution in [2.24, 2.45) is 9.98 Å². The van der Waals surface area contributed by atoms with Gasteiger partial charge in [-0.15, -0.1) is 11.5 Å². The van der Waals surface area contributed by atoms with Gasteiger partial charge in [0.1, 0.15) is 34.2 Å². The quantitative estimate of drug-likeness (QED) is 0.0257. The molecule has 0 saturated carbocycles. The molecular formula is C88H112CuN2O8. The Kier molecular flexibility index (Phi) is 29.7. The molecule has 8 rings (SSSR count). The summed E-state index contributed by atoms with van der Waals surface area (Å²) >= 11 is 0. The van der Waals surface area contributed by atoms with Gasteiger partial charge in [-0.1, -0.05) is 270 Å². The topological polar surface area (TPSA) is 148 Å². The number of hydrogen-bond donors (Lipinski definition) is 2. The Bertz CT molecular complexity index is 3440. The zero-order valence-corrected chi connectivity index (χ0v) is 63.0. The van der Waals surface area contributed by atoms with Crippen LogP contribution in [0.3, 0.4) is 0 Å². The second kappa shape index (κ2) is 36.6. The van der Waals surface area contributed by atoms with Gasteiger partial charge in [0.05, 0.1) is 38.5 Å². The Morgan fingerprint density at radius 3 is 0.828 bits per heavy atom. The van der Waals surface area contributed by atoms with Crippen LogP contribution in [0.2, 0.25) is 0 Å². The monoisotopic (exact) mass is 1390 g/mol. The molecule has 0 bridgehead atoms. The van der Waals surface area contributed by atoms with Crippen LogP contribution in [0.5, 0.6) is 34.5 Å². The van der Waals surface area contributed by atoms with Crippen molar-refractivity contribution in [1.29, 1.82) is 0 Å². The first-order chi connectivity index (χ1) is 46.6. The van der Waals surface area contributed by atoms with Crippen LogP contribution in [0.4, 0.5) is 0 Å². The SMILES string of the molecule is CCCCOc1ccc(C(C)(C)C)cc1C(O)(c1cc(C(C)(C)C)ccc1OCCCC)[C@@H](Cc1ccccc1)N=Cc1ccccc1[O-].CCCCOc1ccc(C(C)(C)C)cc1C(O)(c1cc(C(C)(C)C)ccc1OCCCC)[C@@H](Cc1ccccc1)N=Cc1ccccc1[O-].[Cu+2]. The van der Waals surface area contributed by atoms with Crippen LogP contribution < -0.4 is 29.2 Å². The van der Waals surface area contributed by atoms with Gasteiger partial charge in [-0.25, -0.2) is 0 Å². The molecule has 0 aromatic heterocycles. The zero-order valence-electron chi connectivity index (χ0n) is 62.1. The molecule has 1 radical (unpaired) electrons. The first-order valence-electron chi connectivity index (χ1n) is 35.8. The Hall–Kier alpha value is -7.66. The summed E-state index contributed by atoms with van der Waals surface area (Å²) in [5.74, 6) is 2.21. The van der Waals surface area contributed by atoms with Gasteiger partial charge in [-0.3, -0.25) is 9.98 Å². The third-order valence-corrected chi connectivity index (χ3v) is 18.2. The van der Waals surface area contributed by atoms with Gasteiger partial charge in [-0.2, -0.15) is 0 Å². The fraction of sp³-hybridized carbons (Fsp3) is 0.432. The molecular weight excluding hydrogens is 1280 g/mol. The van der Waals surface area contributed by atoms with Gasteiger partial charge in [-0.05, 0) is 153 Å². The van der Waals surface area contributed by atoms with Crippen LogP contribution in [-0.2, 0) is 62.8 Å². The molecule has 11 heteroatoms. The maximum Gasteiger partial charge on any atom is 2.00 e. The van der Waals surface area contributed by atoms with E-state index in [2.05, 4.69) is 184 Å². The number of benzene rings is 8.